The standard InChI is InChI=1S/C30H30ClN3O2/c1-20-11-13-22(14-12-20)27(35)30(2,26-10-6-7-17-32-26)29-33-25-18-23(31)15-16-24(25)28(36)34(29)19-21-8-4-3-5-9-21/h3-5,8-9,11-16,18,26,32H,6-7,10,17,19H2,1-2H3. The minimum Gasteiger partial charge on any atom is -0.313 e. The van der Waals surface area contributed by atoms with Crippen LogP contribution >= 0.6 is 11.6 Å². The third kappa shape index (κ3) is 4.49. The first-order valence-corrected chi connectivity index (χ1v) is 12.8. The number of piperidine rings is 1. The lowest BCUT2D eigenvalue weighted by Gasteiger charge is -2.40. The number of nitrogens with zero attached hydrogens (tertiary/aromatic N) is 2. The average Bonchev–Trinajstić information content (AvgIpc) is 2.90. The third-order valence-electron chi connectivity index (χ3n) is 7.36. The molecule has 5 nitrogen and oxygen atoms in total. The number of Topliss-reactive ketones (excluding diaryl/α,β-unsaturated/α-hetero) is 1. The van der Waals surface area contributed by atoms with Gasteiger partial charge in [-0.15, -0.1) is 0 Å². The molecule has 184 valence electrons. The van der Waals surface area contributed by atoms with Gasteiger partial charge in [-0.3, -0.25) is 14.2 Å². The molecule has 1 aromatic heterocycles. The van der Waals surface area contributed by atoms with Gasteiger partial charge in [0, 0.05) is 16.6 Å². The first-order chi connectivity index (χ1) is 17.4. The van der Waals surface area contributed by atoms with Crippen molar-refractivity contribution in [3.63, 3.8) is 0 Å². The van der Waals surface area contributed by atoms with Crippen molar-refractivity contribution in [2.45, 2.75) is 51.1 Å². The normalized spacial score (nSPS) is 17.6. The van der Waals surface area contributed by atoms with E-state index in [4.69, 9.17) is 16.6 Å². The van der Waals surface area contributed by atoms with Gasteiger partial charge in [0.05, 0.1) is 17.4 Å². The number of nitrogens with one attached hydrogen (secondary N) is 1. The van der Waals surface area contributed by atoms with Crippen LogP contribution in [0.4, 0.5) is 0 Å². The fourth-order valence-electron chi connectivity index (χ4n) is 5.27. The van der Waals surface area contributed by atoms with Gasteiger partial charge in [-0.1, -0.05) is 78.2 Å². The summed E-state index contributed by atoms with van der Waals surface area (Å²) in [6, 6.07) is 22.4. The number of fused-ring (bicyclic) bond motifs is 1. The summed E-state index contributed by atoms with van der Waals surface area (Å²) in [4.78, 5) is 33.3. The van der Waals surface area contributed by atoms with Crippen LogP contribution in [-0.4, -0.2) is 27.9 Å². The molecule has 0 spiro atoms. The number of hydrogen-bond donors (Lipinski definition) is 1. The Hall–Kier alpha value is -3.28. The second-order valence-corrected chi connectivity index (χ2v) is 10.3. The van der Waals surface area contributed by atoms with Gasteiger partial charge in [0.2, 0.25) is 0 Å². The Morgan fingerprint density at radius 2 is 1.83 bits per heavy atom. The highest BCUT2D eigenvalue weighted by Crippen LogP contribution is 2.35. The van der Waals surface area contributed by atoms with E-state index in [1.54, 1.807) is 22.8 Å². The summed E-state index contributed by atoms with van der Waals surface area (Å²) >= 11 is 6.30. The first kappa shape index (κ1) is 24.4. The SMILES string of the molecule is Cc1ccc(C(=O)C(C)(c2nc3cc(Cl)ccc3c(=O)n2Cc2ccccc2)C2CCCCN2)cc1. The Kier molecular flexibility index (Phi) is 6.78. The second kappa shape index (κ2) is 10.00. The van der Waals surface area contributed by atoms with Crippen molar-refractivity contribution in [2.75, 3.05) is 6.54 Å². The number of hydrogen-bond acceptors (Lipinski definition) is 4. The molecule has 2 heterocycles. The molecule has 3 aromatic carbocycles. The van der Waals surface area contributed by atoms with Crippen molar-refractivity contribution < 1.29 is 4.79 Å². The van der Waals surface area contributed by atoms with Crippen LogP contribution in [0, 0.1) is 6.92 Å². The topological polar surface area (TPSA) is 64.0 Å². The largest absolute Gasteiger partial charge is 0.313 e. The Bertz CT molecular complexity index is 1460. The van der Waals surface area contributed by atoms with Crippen molar-refractivity contribution in [2.24, 2.45) is 0 Å². The molecule has 0 radical (unpaired) electrons. The monoisotopic (exact) mass is 499 g/mol. The number of carbonyl (C=O) groups excluding carboxylic acids is 1. The maximum absolute atomic E-state index is 14.4. The van der Waals surface area contributed by atoms with E-state index in [1.165, 1.54) is 0 Å². The molecule has 2 atom stereocenters. The van der Waals surface area contributed by atoms with Gasteiger partial charge in [-0.05, 0) is 57.0 Å². The van der Waals surface area contributed by atoms with Gasteiger partial charge in [-0.25, -0.2) is 4.98 Å². The van der Waals surface area contributed by atoms with Crippen molar-refractivity contribution in [3.8, 4) is 0 Å². The summed E-state index contributed by atoms with van der Waals surface area (Å²) in [6.45, 7) is 5.09. The average molecular weight is 500 g/mol. The zero-order valence-electron chi connectivity index (χ0n) is 20.6. The smallest absolute Gasteiger partial charge is 0.261 e. The molecule has 1 saturated heterocycles. The molecule has 0 saturated carbocycles. The summed E-state index contributed by atoms with van der Waals surface area (Å²) in [7, 11) is 0. The Morgan fingerprint density at radius 3 is 2.53 bits per heavy atom. The van der Waals surface area contributed by atoms with E-state index >= 15 is 0 Å². The fourth-order valence-corrected chi connectivity index (χ4v) is 5.43. The molecular weight excluding hydrogens is 470 g/mol. The Labute approximate surface area is 216 Å². The van der Waals surface area contributed by atoms with E-state index in [2.05, 4.69) is 5.32 Å². The lowest BCUT2D eigenvalue weighted by molar-refractivity contribution is 0.0827. The van der Waals surface area contributed by atoms with E-state index in [-0.39, 0.29) is 17.4 Å². The molecule has 6 heteroatoms. The molecule has 4 aromatic rings. The minimum atomic E-state index is -1.07. The van der Waals surface area contributed by atoms with E-state index in [9.17, 15) is 9.59 Å². The Morgan fingerprint density at radius 1 is 1.08 bits per heavy atom. The second-order valence-electron chi connectivity index (χ2n) is 9.87. The lowest BCUT2D eigenvalue weighted by atomic mass is 9.71. The zero-order chi connectivity index (χ0) is 25.3. The highest BCUT2D eigenvalue weighted by atomic mass is 35.5. The third-order valence-corrected chi connectivity index (χ3v) is 7.59. The number of halogens is 1. The molecule has 1 N–H and O–H groups in total. The van der Waals surface area contributed by atoms with Gasteiger partial charge >= 0.3 is 0 Å². The predicted molar refractivity (Wildman–Crippen MR) is 145 cm³/mol. The van der Waals surface area contributed by atoms with Gasteiger partial charge in [0.15, 0.2) is 5.78 Å². The molecule has 5 rings (SSSR count). The first-order valence-electron chi connectivity index (χ1n) is 12.5. The van der Waals surface area contributed by atoms with Crippen LogP contribution in [-0.2, 0) is 12.0 Å². The van der Waals surface area contributed by atoms with E-state index in [0.29, 0.717) is 33.9 Å². The van der Waals surface area contributed by atoms with Gasteiger partial charge in [0.1, 0.15) is 11.2 Å². The maximum Gasteiger partial charge on any atom is 0.261 e. The number of rotatable bonds is 6. The summed E-state index contributed by atoms with van der Waals surface area (Å²) < 4.78 is 1.69. The van der Waals surface area contributed by atoms with Crippen LogP contribution in [0.15, 0.2) is 77.6 Å². The molecular formula is C30H30ClN3O2. The Balaban J connectivity index is 1.78. The lowest BCUT2D eigenvalue weighted by Crippen LogP contribution is -2.56. The predicted octanol–water partition coefficient (Wildman–Crippen LogP) is 5.69. The van der Waals surface area contributed by atoms with Crippen LogP contribution in [0.5, 0.6) is 0 Å². The molecule has 2 unspecified atom stereocenters. The molecule has 0 aliphatic carbocycles. The van der Waals surface area contributed by atoms with Crippen molar-refractivity contribution >= 4 is 28.3 Å². The summed E-state index contributed by atoms with van der Waals surface area (Å²) in [5, 5.41) is 4.58. The number of benzene rings is 3. The minimum absolute atomic E-state index is 0.0445. The summed E-state index contributed by atoms with van der Waals surface area (Å²) in [5.74, 6) is 0.424. The summed E-state index contributed by atoms with van der Waals surface area (Å²) in [6.07, 6.45) is 2.89. The number of ketones is 1. The van der Waals surface area contributed by atoms with Gasteiger partial charge in [-0.2, -0.15) is 0 Å². The highest BCUT2D eigenvalue weighted by molar-refractivity contribution is 6.31. The number of aryl methyl sites for hydroxylation is 1. The van der Waals surface area contributed by atoms with Crippen LogP contribution in [0.2, 0.25) is 5.02 Å². The molecule has 0 amide bonds. The quantitative estimate of drug-likeness (QED) is 0.346. The van der Waals surface area contributed by atoms with Crippen LogP contribution in [0.3, 0.4) is 0 Å². The van der Waals surface area contributed by atoms with E-state index in [1.807, 2.05) is 68.4 Å². The molecule has 36 heavy (non-hydrogen) atoms. The van der Waals surface area contributed by atoms with Gasteiger partial charge in [0.25, 0.3) is 5.56 Å². The van der Waals surface area contributed by atoms with Crippen molar-refractivity contribution in [1.29, 1.82) is 0 Å². The zero-order valence-corrected chi connectivity index (χ0v) is 21.4. The van der Waals surface area contributed by atoms with Gasteiger partial charge < -0.3 is 5.32 Å². The summed E-state index contributed by atoms with van der Waals surface area (Å²) in [5.41, 5.74) is 1.93. The number of aromatic nitrogens is 2. The van der Waals surface area contributed by atoms with E-state index < -0.39 is 5.41 Å². The highest BCUT2D eigenvalue weighted by Gasteiger charge is 2.47. The fraction of sp³-hybridized carbons (Fsp3) is 0.300. The maximum atomic E-state index is 14.4. The number of carbonyl (C=O) groups is 1. The van der Waals surface area contributed by atoms with Crippen molar-refractivity contribution in [3.05, 3.63) is 111 Å². The molecule has 1 aliphatic rings. The van der Waals surface area contributed by atoms with Crippen LogP contribution < -0.4 is 10.9 Å². The van der Waals surface area contributed by atoms with E-state index in [0.717, 1.165) is 36.9 Å². The molecule has 1 fully saturated rings. The molecule has 0 bridgehead atoms. The van der Waals surface area contributed by atoms with Crippen molar-refractivity contribution in [1.82, 2.24) is 14.9 Å². The van der Waals surface area contributed by atoms with Crippen LogP contribution in [0.1, 0.15) is 53.5 Å². The molecule has 1 aliphatic heterocycles. The van der Waals surface area contributed by atoms with Crippen LogP contribution in [0.25, 0.3) is 10.9 Å².